The zero-order valence-corrected chi connectivity index (χ0v) is 5.95. The van der Waals surface area contributed by atoms with Gasteiger partial charge in [-0.05, 0) is 13.3 Å². The predicted octanol–water partition coefficient (Wildman–Crippen LogP) is 0.788. The van der Waals surface area contributed by atoms with Crippen LogP contribution in [0.4, 0.5) is 0 Å². The minimum Gasteiger partial charge on any atom is -0.481 e. The Bertz CT molecular complexity index is 129. The van der Waals surface area contributed by atoms with E-state index in [0.29, 0.717) is 6.42 Å². The fourth-order valence-electron chi connectivity index (χ4n) is 0.590. The number of carbonyl (C=O) groups is 1. The van der Waals surface area contributed by atoms with Crippen LogP contribution in [0.2, 0.25) is 0 Å². The summed E-state index contributed by atoms with van der Waals surface area (Å²) in [7, 11) is 0. The fourth-order valence-corrected chi connectivity index (χ4v) is 0.590. The molecule has 0 bridgehead atoms. The zero-order valence-electron chi connectivity index (χ0n) is 5.95. The molecule has 10 heavy (non-hydrogen) atoms. The summed E-state index contributed by atoms with van der Waals surface area (Å²) in [4.78, 5) is 9.97. The molecule has 0 heterocycles. The molecule has 0 aromatic rings. The average molecular weight is 144 g/mol. The summed E-state index contributed by atoms with van der Waals surface area (Å²) in [6.07, 6.45) is 2.97. The normalized spacial score (nSPS) is 13.8. The maximum absolute atomic E-state index is 9.97. The van der Waals surface area contributed by atoms with Gasteiger partial charge in [0.05, 0.1) is 6.10 Å². The average Bonchev–Trinajstić information content (AvgIpc) is 1.85. The SMILES string of the molecule is C/C=C/[C@H](O)CCC(=O)O. The van der Waals surface area contributed by atoms with E-state index >= 15 is 0 Å². The molecule has 1 atom stereocenters. The first-order valence-corrected chi connectivity index (χ1v) is 3.19. The molecule has 3 heteroatoms. The van der Waals surface area contributed by atoms with Crippen LogP contribution in [-0.2, 0) is 4.79 Å². The predicted molar refractivity (Wildman–Crippen MR) is 37.7 cm³/mol. The van der Waals surface area contributed by atoms with Crippen LogP contribution in [0, 0.1) is 0 Å². The second-order valence-corrected chi connectivity index (χ2v) is 2.03. The van der Waals surface area contributed by atoms with Crippen molar-refractivity contribution in [3.05, 3.63) is 12.2 Å². The Morgan fingerprint density at radius 1 is 1.70 bits per heavy atom. The first kappa shape index (κ1) is 9.17. The number of rotatable bonds is 4. The third-order valence-corrected chi connectivity index (χ3v) is 1.07. The number of aliphatic hydroxyl groups excluding tert-OH is 1. The van der Waals surface area contributed by atoms with Crippen LogP contribution in [0.3, 0.4) is 0 Å². The van der Waals surface area contributed by atoms with Gasteiger partial charge in [0.25, 0.3) is 0 Å². The lowest BCUT2D eigenvalue weighted by Crippen LogP contribution is -2.05. The summed E-state index contributed by atoms with van der Waals surface area (Å²) in [5.74, 6) is -0.872. The number of carboxylic acids is 1. The quantitative estimate of drug-likeness (QED) is 0.573. The van der Waals surface area contributed by atoms with E-state index < -0.39 is 12.1 Å². The van der Waals surface area contributed by atoms with Gasteiger partial charge in [0, 0.05) is 6.42 Å². The van der Waals surface area contributed by atoms with Crippen molar-refractivity contribution in [3.63, 3.8) is 0 Å². The fraction of sp³-hybridized carbons (Fsp3) is 0.571. The first-order chi connectivity index (χ1) is 4.66. The van der Waals surface area contributed by atoms with Gasteiger partial charge in [-0.3, -0.25) is 4.79 Å². The largest absolute Gasteiger partial charge is 0.481 e. The van der Waals surface area contributed by atoms with E-state index in [2.05, 4.69) is 0 Å². The highest BCUT2D eigenvalue weighted by Gasteiger charge is 2.01. The molecule has 0 fully saturated rings. The minimum absolute atomic E-state index is 0.0194. The van der Waals surface area contributed by atoms with Crippen molar-refractivity contribution in [1.82, 2.24) is 0 Å². The molecule has 0 saturated carbocycles. The Labute approximate surface area is 60.0 Å². The molecule has 0 aliphatic heterocycles. The molecule has 58 valence electrons. The molecular formula is C7H12O3. The highest BCUT2D eigenvalue weighted by molar-refractivity contribution is 5.66. The summed E-state index contributed by atoms with van der Waals surface area (Å²) in [5, 5.41) is 17.1. The molecule has 0 radical (unpaired) electrons. The van der Waals surface area contributed by atoms with Crippen molar-refractivity contribution >= 4 is 5.97 Å². The maximum atomic E-state index is 9.97. The molecule has 0 rings (SSSR count). The minimum atomic E-state index is -0.872. The van der Waals surface area contributed by atoms with Crippen LogP contribution >= 0.6 is 0 Å². The third kappa shape index (κ3) is 5.31. The van der Waals surface area contributed by atoms with Crippen molar-refractivity contribution in [3.8, 4) is 0 Å². The van der Waals surface area contributed by atoms with E-state index in [0.717, 1.165) is 0 Å². The van der Waals surface area contributed by atoms with E-state index in [9.17, 15) is 4.79 Å². The second kappa shape index (κ2) is 4.99. The van der Waals surface area contributed by atoms with E-state index in [4.69, 9.17) is 10.2 Å². The summed E-state index contributed by atoms with van der Waals surface area (Å²) >= 11 is 0. The van der Waals surface area contributed by atoms with Gasteiger partial charge in [-0.1, -0.05) is 12.2 Å². The number of hydrogen-bond acceptors (Lipinski definition) is 2. The van der Waals surface area contributed by atoms with Gasteiger partial charge in [0.15, 0.2) is 0 Å². The van der Waals surface area contributed by atoms with Crippen LogP contribution in [0.15, 0.2) is 12.2 Å². The van der Waals surface area contributed by atoms with Crippen LogP contribution in [0.5, 0.6) is 0 Å². The monoisotopic (exact) mass is 144 g/mol. The molecular weight excluding hydrogens is 132 g/mol. The maximum Gasteiger partial charge on any atom is 0.303 e. The van der Waals surface area contributed by atoms with Crippen molar-refractivity contribution < 1.29 is 15.0 Å². The number of carboxylic acid groups (broad SMARTS) is 1. The summed E-state index contributed by atoms with van der Waals surface area (Å²) in [6.45, 7) is 1.78. The zero-order chi connectivity index (χ0) is 7.98. The first-order valence-electron chi connectivity index (χ1n) is 3.19. The van der Waals surface area contributed by atoms with Gasteiger partial charge in [0.1, 0.15) is 0 Å². The van der Waals surface area contributed by atoms with Gasteiger partial charge in [-0.25, -0.2) is 0 Å². The molecule has 0 aromatic carbocycles. The smallest absolute Gasteiger partial charge is 0.303 e. The van der Waals surface area contributed by atoms with Crippen molar-refractivity contribution in [1.29, 1.82) is 0 Å². The van der Waals surface area contributed by atoms with Gasteiger partial charge in [0.2, 0.25) is 0 Å². The number of aliphatic hydroxyl groups is 1. The van der Waals surface area contributed by atoms with Crippen LogP contribution < -0.4 is 0 Å². The van der Waals surface area contributed by atoms with Gasteiger partial charge >= 0.3 is 5.97 Å². The van der Waals surface area contributed by atoms with Gasteiger partial charge < -0.3 is 10.2 Å². The molecule has 0 aromatic heterocycles. The molecule has 0 amide bonds. The van der Waals surface area contributed by atoms with E-state index in [-0.39, 0.29) is 6.42 Å². The van der Waals surface area contributed by atoms with Gasteiger partial charge in [-0.15, -0.1) is 0 Å². The van der Waals surface area contributed by atoms with Gasteiger partial charge in [-0.2, -0.15) is 0 Å². The molecule has 0 saturated heterocycles. The number of allylic oxidation sites excluding steroid dienone is 1. The Morgan fingerprint density at radius 3 is 2.70 bits per heavy atom. The number of hydrogen-bond donors (Lipinski definition) is 2. The molecule has 0 aliphatic rings. The van der Waals surface area contributed by atoms with Crippen LogP contribution in [0.1, 0.15) is 19.8 Å². The Kier molecular flexibility index (Phi) is 4.58. The third-order valence-electron chi connectivity index (χ3n) is 1.07. The molecule has 2 N–H and O–H groups in total. The standard InChI is InChI=1S/C7H12O3/c1-2-3-6(8)4-5-7(9)10/h2-3,6,8H,4-5H2,1H3,(H,9,10)/b3-2+/t6-/m0/s1. The summed E-state index contributed by atoms with van der Waals surface area (Å²) < 4.78 is 0. The highest BCUT2D eigenvalue weighted by Crippen LogP contribution is 1.97. The van der Waals surface area contributed by atoms with Crippen molar-refractivity contribution in [2.45, 2.75) is 25.9 Å². The van der Waals surface area contributed by atoms with E-state index in [1.807, 2.05) is 0 Å². The van der Waals surface area contributed by atoms with Crippen molar-refractivity contribution in [2.75, 3.05) is 0 Å². The summed E-state index contributed by atoms with van der Waals surface area (Å²) in [6, 6.07) is 0. The molecule has 0 aliphatic carbocycles. The number of aliphatic carboxylic acids is 1. The molecule has 0 unspecified atom stereocenters. The lowest BCUT2D eigenvalue weighted by molar-refractivity contribution is -0.137. The van der Waals surface area contributed by atoms with E-state index in [1.165, 1.54) is 0 Å². The summed E-state index contributed by atoms with van der Waals surface area (Å²) in [5.41, 5.74) is 0. The van der Waals surface area contributed by atoms with E-state index in [1.54, 1.807) is 19.1 Å². The lowest BCUT2D eigenvalue weighted by Gasteiger charge is -2.00. The van der Waals surface area contributed by atoms with Crippen LogP contribution in [0.25, 0.3) is 0 Å². The second-order valence-electron chi connectivity index (χ2n) is 2.03. The highest BCUT2D eigenvalue weighted by atomic mass is 16.4. The molecule has 0 spiro atoms. The Balaban J connectivity index is 3.39. The Morgan fingerprint density at radius 2 is 2.30 bits per heavy atom. The van der Waals surface area contributed by atoms with Crippen molar-refractivity contribution in [2.24, 2.45) is 0 Å². The lowest BCUT2D eigenvalue weighted by atomic mass is 10.2. The molecule has 3 nitrogen and oxygen atoms in total. The van der Waals surface area contributed by atoms with Crippen LogP contribution in [-0.4, -0.2) is 22.3 Å². The topological polar surface area (TPSA) is 57.5 Å². The Hall–Kier alpha value is -0.830.